The molecule has 6 nitrogen and oxygen atoms in total. The highest BCUT2D eigenvalue weighted by atomic mass is 16.5. The van der Waals surface area contributed by atoms with Gasteiger partial charge in [0.15, 0.2) is 11.9 Å². The Balaban J connectivity index is 2.25. The lowest BCUT2D eigenvalue weighted by atomic mass is 10.2. The Labute approximate surface area is 115 Å². The van der Waals surface area contributed by atoms with Crippen LogP contribution in [0.2, 0.25) is 0 Å². The van der Waals surface area contributed by atoms with E-state index in [1.165, 1.54) is 4.40 Å². The van der Waals surface area contributed by atoms with Gasteiger partial charge in [-0.2, -0.15) is 0 Å². The Morgan fingerprint density at radius 3 is 2.80 bits per heavy atom. The van der Waals surface area contributed by atoms with Crippen molar-refractivity contribution in [2.75, 3.05) is 31.2 Å². The number of nitrogens with zero attached hydrogens (tertiary/aromatic N) is 3. The van der Waals surface area contributed by atoms with Crippen LogP contribution < -0.4 is 10.5 Å². The third kappa shape index (κ3) is 1.98. The van der Waals surface area contributed by atoms with Crippen molar-refractivity contribution in [1.29, 1.82) is 0 Å². The molecule has 2 aromatic heterocycles. The fourth-order valence-corrected chi connectivity index (χ4v) is 2.43. The Morgan fingerprint density at radius 1 is 1.35 bits per heavy atom. The maximum atomic E-state index is 12.4. The summed E-state index contributed by atoms with van der Waals surface area (Å²) >= 11 is 0. The first-order valence-corrected chi connectivity index (χ1v) is 6.52. The van der Waals surface area contributed by atoms with Crippen LogP contribution in [-0.2, 0) is 4.74 Å². The van der Waals surface area contributed by atoms with Gasteiger partial charge >= 0.3 is 0 Å². The zero-order valence-corrected chi connectivity index (χ0v) is 11.2. The summed E-state index contributed by atoms with van der Waals surface area (Å²) in [6, 6.07) is 3.33. The van der Waals surface area contributed by atoms with E-state index in [0.717, 1.165) is 6.29 Å². The maximum Gasteiger partial charge on any atom is 0.262 e. The third-order valence-electron chi connectivity index (χ3n) is 3.52. The summed E-state index contributed by atoms with van der Waals surface area (Å²) in [5, 5.41) is 0. The number of carbonyl (C=O) groups is 1. The van der Waals surface area contributed by atoms with Crippen LogP contribution in [0.15, 0.2) is 23.1 Å². The lowest BCUT2D eigenvalue weighted by Gasteiger charge is -2.29. The molecule has 0 atom stereocenters. The number of aldehydes is 1. The molecule has 0 spiro atoms. The molecule has 0 aliphatic carbocycles. The van der Waals surface area contributed by atoms with E-state index >= 15 is 0 Å². The first kappa shape index (κ1) is 12.8. The summed E-state index contributed by atoms with van der Waals surface area (Å²) < 4.78 is 6.73. The fourth-order valence-electron chi connectivity index (χ4n) is 2.43. The quantitative estimate of drug-likeness (QED) is 0.752. The Hall–Kier alpha value is -2.21. The van der Waals surface area contributed by atoms with Gasteiger partial charge in [-0.25, -0.2) is 4.98 Å². The molecule has 0 aromatic carbocycles. The van der Waals surface area contributed by atoms with Crippen molar-refractivity contribution < 1.29 is 9.53 Å². The Kier molecular flexibility index (Phi) is 3.23. The molecule has 1 aliphatic heterocycles. The highest BCUT2D eigenvalue weighted by molar-refractivity contribution is 5.84. The number of rotatable bonds is 2. The zero-order valence-electron chi connectivity index (χ0n) is 11.2. The van der Waals surface area contributed by atoms with E-state index in [1.807, 2.05) is 4.90 Å². The van der Waals surface area contributed by atoms with Crippen LogP contribution in [0.5, 0.6) is 0 Å². The number of anilines is 1. The second kappa shape index (κ2) is 5.05. The molecule has 20 heavy (non-hydrogen) atoms. The summed E-state index contributed by atoms with van der Waals surface area (Å²) in [5.41, 5.74) is 1.27. The molecular weight excluding hydrogens is 258 g/mol. The summed E-state index contributed by atoms with van der Waals surface area (Å²) in [6.45, 7) is 4.41. The number of aromatic nitrogens is 2. The molecule has 1 fully saturated rings. The Bertz CT molecular complexity index is 717. The predicted octanol–water partition coefficient (Wildman–Crippen LogP) is 0.652. The van der Waals surface area contributed by atoms with Crippen molar-refractivity contribution in [3.63, 3.8) is 0 Å². The summed E-state index contributed by atoms with van der Waals surface area (Å²) in [6.07, 6.45) is 2.36. The molecule has 0 bridgehead atoms. The van der Waals surface area contributed by atoms with Crippen molar-refractivity contribution in [1.82, 2.24) is 9.38 Å². The highest BCUT2D eigenvalue weighted by Crippen LogP contribution is 2.17. The normalized spacial score (nSPS) is 15.6. The standard InChI is InChI=1S/C14H15N3O3/c1-10-12(16-5-7-20-8-6-16)15-13-11(9-18)3-2-4-17(13)14(10)19/h2-4,9H,5-8H2,1H3. The van der Waals surface area contributed by atoms with Gasteiger partial charge in [0.25, 0.3) is 5.56 Å². The van der Waals surface area contributed by atoms with Crippen LogP contribution in [0.1, 0.15) is 15.9 Å². The van der Waals surface area contributed by atoms with Crippen molar-refractivity contribution >= 4 is 17.8 Å². The molecular formula is C14H15N3O3. The number of ether oxygens (including phenoxy) is 1. The lowest BCUT2D eigenvalue weighted by Crippen LogP contribution is -2.38. The van der Waals surface area contributed by atoms with Crippen LogP contribution in [0, 0.1) is 6.92 Å². The molecule has 3 heterocycles. The van der Waals surface area contributed by atoms with Crippen LogP contribution in [-0.4, -0.2) is 42.0 Å². The molecule has 0 unspecified atom stereocenters. The lowest BCUT2D eigenvalue weighted by molar-refractivity contribution is 0.112. The van der Waals surface area contributed by atoms with Gasteiger partial charge in [-0.1, -0.05) is 0 Å². The fraction of sp³-hybridized carbons (Fsp3) is 0.357. The molecule has 2 aromatic rings. The van der Waals surface area contributed by atoms with Crippen molar-refractivity contribution in [2.24, 2.45) is 0 Å². The van der Waals surface area contributed by atoms with E-state index in [4.69, 9.17) is 4.74 Å². The second-order valence-electron chi connectivity index (χ2n) is 4.74. The van der Waals surface area contributed by atoms with Gasteiger partial charge in [-0.05, 0) is 19.1 Å². The number of hydrogen-bond donors (Lipinski definition) is 0. The maximum absolute atomic E-state index is 12.4. The number of morpholine rings is 1. The molecule has 0 N–H and O–H groups in total. The molecule has 0 amide bonds. The van der Waals surface area contributed by atoms with Crippen LogP contribution in [0.4, 0.5) is 5.82 Å². The van der Waals surface area contributed by atoms with Crippen molar-refractivity contribution in [2.45, 2.75) is 6.92 Å². The second-order valence-corrected chi connectivity index (χ2v) is 4.74. The summed E-state index contributed by atoms with van der Waals surface area (Å²) in [4.78, 5) is 30.1. The minimum absolute atomic E-state index is 0.139. The average molecular weight is 273 g/mol. The van der Waals surface area contributed by atoms with E-state index in [-0.39, 0.29) is 5.56 Å². The molecule has 104 valence electrons. The van der Waals surface area contributed by atoms with Gasteiger partial charge < -0.3 is 9.64 Å². The van der Waals surface area contributed by atoms with Crippen molar-refractivity contribution in [3.05, 3.63) is 39.8 Å². The van der Waals surface area contributed by atoms with E-state index in [9.17, 15) is 9.59 Å². The van der Waals surface area contributed by atoms with Gasteiger partial charge in [0.1, 0.15) is 5.82 Å². The van der Waals surface area contributed by atoms with Crippen LogP contribution in [0.25, 0.3) is 5.65 Å². The van der Waals surface area contributed by atoms with Gasteiger partial charge in [0, 0.05) is 19.3 Å². The first-order chi connectivity index (χ1) is 9.72. The molecule has 6 heteroatoms. The smallest absolute Gasteiger partial charge is 0.262 e. The average Bonchev–Trinajstić information content (AvgIpc) is 2.51. The molecule has 1 saturated heterocycles. The monoisotopic (exact) mass is 273 g/mol. The van der Waals surface area contributed by atoms with E-state index < -0.39 is 0 Å². The zero-order chi connectivity index (χ0) is 14.1. The molecule has 0 radical (unpaired) electrons. The van der Waals surface area contributed by atoms with Crippen LogP contribution in [0.3, 0.4) is 0 Å². The number of carbonyl (C=O) groups excluding carboxylic acids is 1. The minimum atomic E-state index is -0.139. The van der Waals surface area contributed by atoms with Gasteiger partial charge in [0.05, 0.1) is 24.3 Å². The van der Waals surface area contributed by atoms with Gasteiger partial charge in [-0.3, -0.25) is 14.0 Å². The number of hydrogen-bond acceptors (Lipinski definition) is 5. The van der Waals surface area contributed by atoms with E-state index in [1.54, 1.807) is 25.3 Å². The highest BCUT2D eigenvalue weighted by Gasteiger charge is 2.18. The SMILES string of the molecule is Cc1c(N2CCOCC2)nc2c(C=O)cccn2c1=O. The van der Waals surface area contributed by atoms with Gasteiger partial charge in [0.2, 0.25) is 0 Å². The number of pyridine rings is 1. The Morgan fingerprint density at radius 2 is 2.10 bits per heavy atom. The van der Waals surface area contributed by atoms with Crippen LogP contribution >= 0.6 is 0 Å². The predicted molar refractivity (Wildman–Crippen MR) is 74.6 cm³/mol. The summed E-state index contributed by atoms with van der Waals surface area (Å²) in [5.74, 6) is 0.646. The molecule has 3 rings (SSSR count). The van der Waals surface area contributed by atoms with Gasteiger partial charge in [-0.15, -0.1) is 0 Å². The third-order valence-corrected chi connectivity index (χ3v) is 3.52. The van der Waals surface area contributed by atoms with E-state index in [0.29, 0.717) is 48.9 Å². The van der Waals surface area contributed by atoms with Crippen molar-refractivity contribution in [3.8, 4) is 0 Å². The number of fused-ring (bicyclic) bond motifs is 1. The summed E-state index contributed by atoms with van der Waals surface area (Å²) in [7, 11) is 0. The minimum Gasteiger partial charge on any atom is -0.378 e. The largest absolute Gasteiger partial charge is 0.378 e. The first-order valence-electron chi connectivity index (χ1n) is 6.52. The topological polar surface area (TPSA) is 63.9 Å². The molecule has 0 saturated carbocycles. The molecule has 1 aliphatic rings. The van der Waals surface area contributed by atoms with E-state index in [2.05, 4.69) is 4.98 Å².